The first-order valence-electron chi connectivity index (χ1n) is 9.11. The Morgan fingerprint density at radius 2 is 2.04 bits per heavy atom. The van der Waals surface area contributed by atoms with Crippen LogP contribution in [0.3, 0.4) is 0 Å². The van der Waals surface area contributed by atoms with Crippen LogP contribution < -0.4 is 5.69 Å². The third kappa shape index (κ3) is 3.67. The molecule has 1 aromatic heterocycles. The molecule has 0 aliphatic carbocycles. The summed E-state index contributed by atoms with van der Waals surface area (Å²) in [4.78, 5) is 26.9. The number of nitrogens with zero attached hydrogens (tertiary/aromatic N) is 4. The maximum absolute atomic E-state index is 12.6. The van der Waals surface area contributed by atoms with Gasteiger partial charge < -0.3 is 4.90 Å². The molecular formula is C19H26N4O2. The summed E-state index contributed by atoms with van der Waals surface area (Å²) in [6.07, 6.45) is 4.45. The molecule has 0 radical (unpaired) electrons. The number of rotatable bonds is 5. The molecule has 0 bridgehead atoms. The van der Waals surface area contributed by atoms with Crippen LogP contribution in [0.2, 0.25) is 0 Å². The Kier molecular flexibility index (Phi) is 5.36. The van der Waals surface area contributed by atoms with E-state index in [1.54, 1.807) is 11.6 Å². The molecule has 3 rings (SSSR count). The second-order valence-corrected chi connectivity index (χ2v) is 6.72. The van der Waals surface area contributed by atoms with Crippen LogP contribution in [0, 0.1) is 0 Å². The Balaban J connectivity index is 1.88. The summed E-state index contributed by atoms with van der Waals surface area (Å²) < 4.78 is 3.07. The lowest BCUT2D eigenvalue weighted by Crippen LogP contribution is -2.39. The first-order chi connectivity index (χ1) is 12.1. The number of aromatic nitrogens is 3. The van der Waals surface area contributed by atoms with Gasteiger partial charge in [0, 0.05) is 32.5 Å². The topological polar surface area (TPSA) is 60.1 Å². The van der Waals surface area contributed by atoms with Crippen LogP contribution in [0.5, 0.6) is 0 Å². The van der Waals surface area contributed by atoms with Crippen molar-refractivity contribution in [2.45, 2.75) is 44.9 Å². The molecule has 6 nitrogen and oxygen atoms in total. The van der Waals surface area contributed by atoms with E-state index in [1.807, 2.05) is 35.2 Å². The standard InChI is InChI=1S/C19H26N4O2/c1-3-4-12-17(24)22-13-8-9-15(14-22)18-20-21(2)19(25)23(18)16-10-6-5-7-11-16/h5-7,10-11,15H,3-4,8-9,12-14H2,1-2H3. The van der Waals surface area contributed by atoms with Gasteiger partial charge in [-0.2, -0.15) is 5.10 Å². The first kappa shape index (κ1) is 17.5. The highest BCUT2D eigenvalue weighted by Crippen LogP contribution is 2.27. The molecule has 1 saturated heterocycles. The number of aryl methyl sites for hydroxylation is 1. The van der Waals surface area contributed by atoms with Crippen molar-refractivity contribution in [3.63, 3.8) is 0 Å². The van der Waals surface area contributed by atoms with E-state index in [4.69, 9.17) is 0 Å². The van der Waals surface area contributed by atoms with Gasteiger partial charge in [0.2, 0.25) is 5.91 Å². The minimum Gasteiger partial charge on any atom is -0.342 e. The van der Waals surface area contributed by atoms with E-state index in [1.165, 1.54) is 4.68 Å². The van der Waals surface area contributed by atoms with Crippen molar-refractivity contribution in [2.75, 3.05) is 13.1 Å². The molecule has 2 aromatic rings. The van der Waals surface area contributed by atoms with Gasteiger partial charge in [-0.1, -0.05) is 31.5 Å². The van der Waals surface area contributed by atoms with Gasteiger partial charge in [-0.25, -0.2) is 14.0 Å². The maximum atomic E-state index is 12.6. The molecule has 0 N–H and O–H groups in total. The Hall–Kier alpha value is -2.37. The molecule has 25 heavy (non-hydrogen) atoms. The van der Waals surface area contributed by atoms with E-state index < -0.39 is 0 Å². The molecular weight excluding hydrogens is 316 g/mol. The Bertz CT molecular complexity index is 778. The van der Waals surface area contributed by atoms with Gasteiger partial charge in [0.1, 0.15) is 5.82 Å². The third-order valence-electron chi connectivity index (χ3n) is 4.85. The normalized spacial score (nSPS) is 17.7. The number of piperidine rings is 1. The molecule has 1 aromatic carbocycles. The zero-order chi connectivity index (χ0) is 17.8. The fraction of sp³-hybridized carbons (Fsp3) is 0.526. The summed E-state index contributed by atoms with van der Waals surface area (Å²) in [6, 6.07) is 9.60. The zero-order valence-corrected chi connectivity index (χ0v) is 15.0. The number of carbonyl (C=O) groups excluding carboxylic acids is 1. The van der Waals surface area contributed by atoms with E-state index in [2.05, 4.69) is 12.0 Å². The van der Waals surface area contributed by atoms with Crippen molar-refractivity contribution >= 4 is 5.91 Å². The van der Waals surface area contributed by atoms with Crippen LogP contribution in [0.15, 0.2) is 35.1 Å². The average molecular weight is 342 g/mol. The zero-order valence-electron chi connectivity index (χ0n) is 15.0. The molecule has 2 heterocycles. The van der Waals surface area contributed by atoms with Crippen LogP contribution >= 0.6 is 0 Å². The molecule has 0 spiro atoms. The molecule has 1 unspecified atom stereocenters. The van der Waals surface area contributed by atoms with Gasteiger partial charge in [-0.3, -0.25) is 4.79 Å². The lowest BCUT2D eigenvalue weighted by molar-refractivity contribution is -0.132. The van der Waals surface area contributed by atoms with Crippen molar-refractivity contribution in [3.05, 3.63) is 46.6 Å². The summed E-state index contributed by atoms with van der Waals surface area (Å²) in [6.45, 7) is 3.55. The lowest BCUT2D eigenvalue weighted by Gasteiger charge is -2.32. The molecule has 1 aliphatic heterocycles. The molecule has 134 valence electrons. The molecule has 1 atom stereocenters. The quantitative estimate of drug-likeness (QED) is 0.839. The Morgan fingerprint density at radius 1 is 1.28 bits per heavy atom. The van der Waals surface area contributed by atoms with Gasteiger partial charge in [0.05, 0.1) is 5.69 Å². The predicted octanol–water partition coefficient (Wildman–Crippen LogP) is 2.47. The van der Waals surface area contributed by atoms with Gasteiger partial charge in [0.25, 0.3) is 0 Å². The summed E-state index contributed by atoms with van der Waals surface area (Å²) in [5.74, 6) is 1.07. The fourth-order valence-electron chi connectivity index (χ4n) is 3.47. The van der Waals surface area contributed by atoms with Crippen molar-refractivity contribution in [3.8, 4) is 5.69 Å². The molecule has 0 saturated carbocycles. The number of benzene rings is 1. The Morgan fingerprint density at radius 3 is 2.76 bits per heavy atom. The van der Waals surface area contributed by atoms with Crippen molar-refractivity contribution in [1.29, 1.82) is 0 Å². The van der Waals surface area contributed by atoms with Gasteiger partial charge >= 0.3 is 5.69 Å². The fourth-order valence-corrected chi connectivity index (χ4v) is 3.47. The number of likely N-dealkylation sites (tertiary alicyclic amines) is 1. The van der Waals surface area contributed by atoms with Crippen molar-refractivity contribution < 1.29 is 4.79 Å². The molecule has 6 heteroatoms. The second-order valence-electron chi connectivity index (χ2n) is 6.72. The largest absolute Gasteiger partial charge is 0.350 e. The minimum absolute atomic E-state index is 0.0911. The minimum atomic E-state index is -0.143. The lowest BCUT2D eigenvalue weighted by atomic mass is 9.96. The van der Waals surface area contributed by atoms with Crippen LogP contribution in [0.25, 0.3) is 5.69 Å². The summed E-state index contributed by atoms with van der Waals surface area (Å²) in [5, 5.41) is 4.50. The number of hydrogen-bond donors (Lipinski definition) is 0. The maximum Gasteiger partial charge on any atom is 0.350 e. The highest BCUT2D eigenvalue weighted by atomic mass is 16.2. The smallest absolute Gasteiger partial charge is 0.342 e. The third-order valence-corrected chi connectivity index (χ3v) is 4.85. The Labute approximate surface area is 148 Å². The van der Waals surface area contributed by atoms with Crippen LogP contribution in [0.1, 0.15) is 50.8 Å². The van der Waals surface area contributed by atoms with E-state index in [0.717, 1.165) is 43.7 Å². The highest BCUT2D eigenvalue weighted by Gasteiger charge is 2.29. The van der Waals surface area contributed by atoms with E-state index >= 15 is 0 Å². The van der Waals surface area contributed by atoms with Crippen molar-refractivity contribution in [2.24, 2.45) is 7.05 Å². The average Bonchev–Trinajstić information content (AvgIpc) is 2.95. The monoisotopic (exact) mass is 342 g/mol. The number of carbonyl (C=O) groups is 1. The number of unbranched alkanes of at least 4 members (excludes halogenated alkanes) is 1. The van der Waals surface area contributed by atoms with Gasteiger partial charge in [0.15, 0.2) is 0 Å². The van der Waals surface area contributed by atoms with E-state index in [0.29, 0.717) is 13.0 Å². The molecule has 1 fully saturated rings. The predicted molar refractivity (Wildman–Crippen MR) is 96.9 cm³/mol. The van der Waals surface area contributed by atoms with Crippen molar-refractivity contribution in [1.82, 2.24) is 19.2 Å². The SMILES string of the molecule is CCCCC(=O)N1CCCC(c2nn(C)c(=O)n2-c2ccccc2)C1. The van der Waals surface area contributed by atoms with Crippen LogP contribution in [0.4, 0.5) is 0 Å². The molecule has 1 amide bonds. The number of amides is 1. The van der Waals surface area contributed by atoms with Gasteiger partial charge in [-0.15, -0.1) is 0 Å². The van der Waals surface area contributed by atoms with E-state index in [-0.39, 0.29) is 17.5 Å². The number of para-hydroxylation sites is 1. The van der Waals surface area contributed by atoms with E-state index in [9.17, 15) is 9.59 Å². The summed E-state index contributed by atoms with van der Waals surface area (Å²) >= 11 is 0. The highest BCUT2D eigenvalue weighted by molar-refractivity contribution is 5.76. The molecule has 1 aliphatic rings. The summed E-state index contributed by atoms with van der Waals surface area (Å²) in [5.41, 5.74) is 0.681. The second kappa shape index (κ2) is 7.68. The van der Waals surface area contributed by atoms with Crippen LogP contribution in [-0.2, 0) is 11.8 Å². The van der Waals surface area contributed by atoms with Gasteiger partial charge in [-0.05, 0) is 31.4 Å². The van der Waals surface area contributed by atoms with Crippen LogP contribution in [-0.4, -0.2) is 38.2 Å². The first-order valence-corrected chi connectivity index (χ1v) is 9.11. The number of hydrogen-bond acceptors (Lipinski definition) is 3. The summed E-state index contributed by atoms with van der Waals surface area (Å²) in [7, 11) is 1.68.